The maximum Gasteiger partial charge on any atom is 0.248 e. The van der Waals surface area contributed by atoms with Gasteiger partial charge >= 0.3 is 0 Å². The van der Waals surface area contributed by atoms with Gasteiger partial charge in [0.25, 0.3) is 0 Å². The number of carbonyl (C=O) groups is 1. The monoisotopic (exact) mass is 496 g/mol. The van der Waals surface area contributed by atoms with Crippen molar-refractivity contribution in [3.05, 3.63) is 101 Å². The summed E-state index contributed by atoms with van der Waals surface area (Å²) in [5.41, 5.74) is 6.07. The number of halogens is 1. The average molecular weight is 497 g/mol. The fourth-order valence-corrected chi connectivity index (χ4v) is 4.02. The lowest BCUT2D eigenvalue weighted by Gasteiger charge is -2.03. The van der Waals surface area contributed by atoms with Gasteiger partial charge in [-0.1, -0.05) is 49.7 Å². The molecule has 6 heteroatoms. The molecular formula is C30H25ClN2O3. The molecule has 5 rings (SSSR count). The van der Waals surface area contributed by atoms with Crippen molar-refractivity contribution in [1.29, 1.82) is 0 Å². The molecule has 0 aliphatic rings. The third kappa shape index (κ3) is 5.11. The second kappa shape index (κ2) is 9.88. The number of nitrogens with one attached hydrogen (secondary N) is 1. The largest absolute Gasteiger partial charge is 0.457 e. The molecule has 2 heterocycles. The van der Waals surface area contributed by atoms with Crippen molar-refractivity contribution < 1.29 is 13.6 Å². The lowest BCUT2D eigenvalue weighted by atomic mass is 10.0. The summed E-state index contributed by atoms with van der Waals surface area (Å²) >= 11 is 6.22. The Morgan fingerprint density at radius 1 is 0.972 bits per heavy atom. The average Bonchev–Trinajstić information content (AvgIpc) is 3.51. The van der Waals surface area contributed by atoms with Crippen LogP contribution < -0.4 is 5.32 Å². The second-order valence-corrected chi connectivity index (χ2v) is 9.38. The smallest absolute Gasteiger partial charge is 0.248 e. The predicted molar refractivity (Wildman–Crippen MR) is 145 cm³/mol. The van der Waals surface area contributed by atoms with Gasteiger partial charge in [-0.15, -0.1) is 0 Å². The van der Waals surface area contributed by atoms with Gasteiger partial charge < -0.3 is 14.2 Å². The van der Waals surface area contributed by atoms with Crippen LogP contribution in [0.25, 0.3) is 40.0 Å². The van der Waals surface area contributed by atoms with Gasteiger partial charge in [0.2, 0.25) is 11.8 Å². The highest BCUT2D eigenvalue weighted by molar-refractivity contribution is 6.31. The summed E-state index contributed by atoms with van der Waals surface area (Å²) in [5.74, 6) is 1.90. The highest BCUT2D eigenvalue weighted by Crippen LogP contribution is 2.29. The van der Waals surface area contributed by atoms with Crippen molar-refractivity contribution in [3.63, 3.8) is 0 Å². The number of fused-ring (bicyclic) bond motifs is 1. The van der Waals surface area contributed by atoms with Crippen molar-refractivity contribution in [2.45, 2.75) is 26.7 Å². The first-order chi connectivity index (χ1) is 17.4. The first-order valence-electron chi connectivity index (χ1n) is 11.7. The summed E-state index contributed by atoms with van der Waals surface area (Å²) in [6.45, 7) is 6.24. The van der Waals surface area contributed by atoms with Crippen LogP contribution in [0.15, 0.2) is 87.7 Å². The molecule has 0 saturated carbocycles. The normalized spacial score (nSPS) is 11.6. The molecule has 0 spiro atoms. The Bertz CT molecular complexity index is 1590. The Kier molecular flexibility index (Phi) is 6.49. The van der Waals surface area contributed by atoms with Gasteiger partial charge in [0.05, 0.1) is 0 Å². The minimum atomic E-state index is -0.275. The Morgan fingerprint density at radius 3 is 2.64 bits per heavy atom. The summed E-state index contributed by atoms with van der Waals surface area (Å²) in [4.78, 5) is 17.2. The highest BCUT2D eigenvalue weighted by atomic mass is 35.5. The third-order valence-electron chi connectivity index (χ3n) is 5.94. The number of carbonyl (C=O) groups excluding carboxylic acids is 1. The molecule has 1 N–H and O–H groups in total. The van der Waals surface area contributed by atoms with Crippen LogP contribution in [0.4, 0.5) is 5.69 Å². The van der Waals surface area contributed by atoms with E-state index >= 15 is 0 Å². The SMILES string of the molecule is Cc1ccc(-c2ccc(C=CC(=O)Nc3cccc(-c4nc5cc(C(C)C)ccc5o4)c3)o2)cc1Cl. The van der Waals surface area contributed by atoms with Crippen LogP contribution in [0.2, 0.25) is 5.02 Å². The zero-order valence-electron chi connectivity index (χ0n) is 20.2. The van der Waals surface area contributed by atoms with Crippen molar-refractivity contribution >= 4 is 40.4 Å². The lowest BCUT2D eigenvalue weighted by molar-refractivity contribution is -0.111. The Labute approximate surface area is 214 Å². The minimum Gasteiger partial charge on any atom is -0.457 e. The first kappa shape index (κ1) is 23.6. The molecule has 0 saturated heterocycles. The van der Waals surface area contributed by atoms with E-state index in [1.807, 2.05) is 67.6 Å². The van der Waals surface area contributed by atoms with Crippen LogP contribution in [0, 0.1) is 6.92 Å². The predicted octanol–water partition coefficient (Wildman–Crippen LogP) is 8.49. The molecule has 3 aromatic carbocycles. The molecule has 5 aromatic rings. The number of amides is 1. The molecule has 0 atom stereocenters. The number of hydrogen-bond acceptors (Lipinski definition) is 4. The Balaban J connectivity index is 1.28. The topological polar surface area (TPSA) is 68.3 Å². The maximum absolute atomic E-state index is 12.5. The summed E-state index contributed by atoms with van der Waals surface area (Å²) < 4.78 is 11.8. The molecule has 0 aliphatic carbocycles. The molecule has 180 valence electrons. The van der Waals surface area contributed by atoms with Crippen LogP contribution in [0.5, 0.6) is 0 Å². The van der Waals surface area contributed by atoms with Crippen LogP contribution >= 0.6 is 11.6 Å². The number of aromatic nitrogens is 1. The van der Waals surface area contributed by atoms with Crippen molar-refractivity contribution in [2.24, 2.45) is 0 Å². The van der Waals surface area contributed by atoms with Gasteiger partial charge in [-0.3, -0.25) is 4.79 Å². The van der Waals surface area contributed by atoms with Crippen molar-refractivity contribution in [3.8, 4) is 22.8 Å². The van der Waals surface area contributed by atoms with Crippen molar-refractivity contribution in [1.82, 2.24) is 4.98 Å². The van der Waals surface area contributed by atoms with Crippen LogP contribution in [0.1, 0.15) is 36.7 Å². The van der Waals surface area contributed by atoms with Gasteiger partial charge in [0.15, 0.2) is 5.58 Å². The van der Waals surface area contributed by atoms with Crippen LogP contribution in [-0.4, -0.2) is 10.9 Å². The molecule has 36 heavy (non-hydrogen) atoms. The number of nitrogens with zero attached hydrogens (tertiary/aromatic N) is 1. The Morgan fingerprint density at radius 2 is 1.83 bits per heavy atom. The summed E-state index contributed by atoms with van der Waals surface area (Å²) in [7, 11) is 0. The van der Waals surface area contributed by atoms with Gasteiger partial charge in [-0.2, -0.15) is 0 Å². The van der Waals surface area contributed by atoms with E-state index in [1.54, 1.807) is 6.08 Å². The van der Waals surface area contributed by atoms with Gasteiger partial charge in [-0.05, 0) is 78.6 Å². The minimum absolute atomic E-state index is 0.275. The van der Waals surface area contributed by atoms with Crippen LogP contribution in [-0.2, 0) is 4.79 Å². The molecule has 1 amide bonds. The van der Waals surface area contributed by atoms with E-state index in [4.69, 9.17) is 20.4 Å². The van der Waals surface area contributed by atoms with E-state index < -0.39 is 0 Å². The number of furan rings is 1. The van der Waals surface area contributed by atoms with Gasteiger partial charge in [0, 0.05) is 27.9 Å². The summed E-state index contributed by atoms with van der Waals surface area (Å²) in [6, 6.07) is 22.9. The first-order valence-corrected chi connectivity index (χ1v) is 12.1. The van der Waals surface area contributed by atoms with Gasteiger partial charge in [0.1, 0.15) is 17.0 Å². The number of aryl methyl sites for hydroxylation is 1. The molecule has 0 bridgehead atoms. The number of rotatable bonds is 6. The highest BCUT2D eigenvalue weighted by Gasteiger charge is 2.11. The van der Waals surface area contributed by atoms with Crippen LogP contribution in [0.3, 0.4) is 0 Å². The number of benzene rings is 3. The quantitative estimate of drug-likeness (QED) is 0.239. The molecule has 0 unspecified atom stereocenters. The second-order valence-electron chi connectivity index (χ2n) is 8.97. The zero-order valence-corrected chi connectivity index (χ0v) is 21.0. The molecule has 2 aromatic heterocycles. The standard InChI is InChI=1S/C30H25ClN2O3/c1-18(2)20-9-12-28-26(17-20)33-30(36-28)22-5-4-6-23(15-22)32-29(34)14-11-24-10-13-27(35-24)21-8-7-19(3)25(31)16-21/h4-18H,1-3H3,(H,32,34). The molecule has 0 fully saturated rings. The zero-order chi connectivity index (χ0) is 25.2. The summed E-state index contributed by atoms with van der Waals surface area (Å²) in [5, 5.41) is 3.56. The van der Waals surface area contributed by atoms with E-state index in [1.165, 1.54) is 11.6 Å². The van der Waals surface area contributed by atoms with E-state index in [9.17, 15) is 4.79 Å². The molecule has 0 aliphatic heterocycles. The molecule has 5 nitrogen and oxygen atoms in total. The molecular weight excluding hydrogens is 472 g/mol. The number of anilines is 1. The number of hydrogen-bond donors (Lipinski definition) is 1. The van der Waals surface area contributed by atoms with E-state index in [2.05, 4.69) is 36.3 Å². The molecule has 0 radical (unpaired) electrons. The van der Waals surface area contributed by atoms with Crippen molar-refractivity contribution in [2.75, 3.05) is 5.32 Å². The Hall–Kier alpha value is -4.09. The fraction of sp³-hybridized carbons (Fsp3) is 0.133. The van der Waals surface area contributed by atoms with E-state index in [-0.39, 0.29) is 5.91 Å². The number of oxazole rings is 1. The van der Waals surface area contributed by atoms with E-state index in [0.717, 1.165) is 27.8 Å². The fourth-order valence-electron chi connectivity index (χ4n) is 3.84. The summed E-state index contributed by atoms with van der Waals surface area (Å²) in [6.07, 6.45) is 3.07. The van der Waals surface area contributed by atoms with Gasteiger partial charge in [-0.25, -0.2) is 4.98 Å². The maximum atomic E-state index is 12.5. The third-order valence-corrected chi connectivity index (χ3v) is 6.34. The van der Waals surface area contributed by atoms with E-state index in [0.29, 0.717) is 34.0 Å². The lowest BCUT2D eigenvalue weighted by Crippen LogP contribution is -2.07.